The Labute approximate surface area is 94.9 Å². The summed E-state index contributed by atoms with van der Waals surface area (Å²) in [6, 6.07) is 2.01. The zero-order chi connectivity index (χ0) is 10.7. The van der Waals surface area contributed by atoms with Crippen molar-refractivity contribution < 1.29 is 0 Å². The molecule has 6 heteroatoms. The van der Waals surface area contributed by atoms with E-state index in [1.54, 1.807) is 11.3 Å². The smallest absolute Gasteiger partial charge is 0.285 e. The summed E-state index contributed by atoms with van der Waals surface area (Å²) in [7, 11) is 0. The average Bonchev–Trinajstić information content (AvgIpc) is 2.73. The van der Waals surface area contributed by atoms with Crippen LogP contribution in [0, 0.1) is 0 Å². The van der Waals surface area contributed by atoms with Crippen LogP contribution in [0.25, 0.3) is 0 Å². The first kappa shape index (κ1) is 10.2. The van der Waals surface area contributed by atoms with E-state index >= 15 is 0 Å². The zero-order valence-corrected chi connectivity index (χ0v) is 9.23. The Balaban J connectivity index is 2.12. The van der Waals surface area contributed by atoms with Gasteiger partial charge in [-0.3, -0.25) is 4.79 Å². The summed E-state index contributed by atoms with van der Waals surface area (Å²) in [5, 5.41) is 13.1. The third-order valence-electron chi connectivity index (χ3n) is 1.86. The van der Waals surface area contributed by atoms with Crippen molar-refractivity contribution in [1.82, 2.24) is 10.2 Å². The zero-order valence-electron chi connectivity index (χ0n) is 7.66. The second-order valence-corrected chi connectivity index (χ2v) is 4.07. The maximum Gasteiger partial charge on any atom is 0.285 e. The van der Waals surface area contributed by atoms with Crippen molar-refractivity contribution in [2.45, 2.75) is 6.54 Å². The quantitative estimate of drug-likeness (QED) is 0.865. The van der Waals surface area contributed by atoms with E-state index in [4.69, 9.17) is 11.6 Å². The molecule has 15 heavy (non-hydrogen) atoms. The molecule has 0 bridgehead atoms. The molecule has 78 valence electrons. The molecule has 2 rings (SSSR count). The van der Waals surface area contributed by atoms with Gasteiger partial charge in [-0.25, -0.2) is 5.10 Å². The van der Waals surface area contributed by atoms with Crippen molar-refractivity contribution in [2.24, 2.45) is 0 Å². The molecule has 0 saturated heterocycles. The van der Waals surface area contributed by atoms with Gasteiger partial charge in [0.05, 0.1) is 11.9 Å². The highest BCUT2D eigenvalue weighted by Crippen LogP contribution is 2.16. The van der Waals surface area contributed by atoms with Crippen molar-refractivity contribution in [3.05, 3.63) is 44.0 Å². The molecule has 4 nitrogen and oxygen atoms in total. The SMILES string of the molecule is O=c1[nH]ncc(NCc2ccsc2)c1Cl. The molecule has 0 unspecified atom stereocenters. The lowest BCUT2D eigenvalue weighted by Crippen LogP contribution is -2.11. The molecular formula is C9H8ClN3OS. The molecule has 0 fully saturated rings. The monoisotopic (exact) mass is 241 g/mol. The molecule has 0 atom stereocenters. The van der Waals surface area contributed by atoms with Gasteiger partial charge < -0.3 is 5.32 Å². The van der Waals surface area contributed by atoms with Crippen LogP contribution in [0.15, 0.2) is 27.8 Å². The van der Waals surface area contributed by atoms with Gasteiger partial charge >= 0.3 is 0 Å². The van der Waals surface area contributed by atoms with E-state index in [9.17, 15) is 4.79 Å². The second-order valence-electron chi connectivity index (χ2n) is 2.91. The number of aromatic amines is 1. The Kier molecular flexibility index (Phi) is 3.03. The summed E-state index contributed by atoms with van der Waals surface area (Å²) in [4.78, 5) is 11.1. The molecule has 0 aliphatic rings. The predicted molar refractivity (Wildman–Crippen MR) is 61.5 cm³/mol. The van der Waals surface area contributed by atoms with Crippen LogP contribution in [0.5, 0.6) is 0 Å². The van der Waals surface area contributed by atoms with E-state index in [0.717, 1.165) is 5.56 Å². The Morgan fingerprint density at radius 1 is 1.60 bits per heavy atom. The summed E-state index contributed by atoms with van der Waals surface area (Å²) in [6.45, 7) is 0.633. The maximum atomic E-state index is 11.1. The van der Waals surface area contributed by atoms with Crippen LogP contribution in [0.2, 0.25) is 5.02 Å². The minimum atomic E-state index is -0.382. The first-order valence-corrected chi connectivity index (χ1v) is 5.57. The van der Waals surface area contributed by atoms with Crippen molar-refractivity contribution >= 4 is 28.6 Å². The predicted octanol–water partition coefficient (Wildman–Crippen LogP) is 2.10. The van der Waals surface area contributed by atoms with Gasteiger partial charge in [0.25, 0.3) is 5.56 Å². The summed E-state index contributed by atoms with van der Waals surface area (Å²) >= 11 is 7.42. The Bertz CT molecular complexity index is 494. The largest absolute Gasteiger partial charge is 0.378 e. The second kappa shape index (κ2) is 4.46. The number of hydrogen-bond donors (Lipinski definition) is 2. The van der Waals surface area contributed by atoms with Gasteiger partial charge in [-0.15, -0.1) is 0 Å². The number of hydrogen-bond acceptors (Lipinski definition) is 4. The number of H-pyrrole nitrogens is 1. The fraction of sp³-hybridized carbons (Fsp3) is 0.111. The van der Waals surface area contributed by atoms with E-state index in [1.807, 2.05) is 16.8 Å². The number of anilines is 1. The number of rotatable bonds is 3. The molecule has 0 aliphatic carbocycles. The maximum absolute atomic E-state index is 11.1. The Morgan fingerprint density at radius 2 is 2.47 bits per heavy atom. The van der Waals surface area contributed by atoms with E-state index in [1.165, 1.54) is 6.20 Å². The first-order chi connectivity index (χ1) is 7.27. The molecule has 0 aliphatic heterocycles. The third-order valence-corrected chi connectivity index (χ3v) is 2.97. The van der Waals surface area contributed by atoms with E-state index < -0.39 is 0 Å². The fourth-order valence-corrected chi connectivity index (χ4v) is 1.92. The van der Waals surface area contributed by atoms with Gasteiger partial charge in [0.2, 0.25) is 0 Å². The van der Waals surface area contributed by atoms with Crippen LogP contribution in [-0.4, -0.2) is 10.2 Å². The molecule has 0 aromatic carbocycles. The molecule has 0 radical (unpaired) electrons. The highest BCUT2D eigenvalue weighted by molar-refractivity contribution is 7.07. The van der Waals surface area contributed by atoms with Gasteiger partial charge in [-0.2, -0.15) is 16.4 Å². The summed E-state index contributed by atoms with van der Waals surface area (Å²) < 4.78 is 0. The van der Waals surface area contributed by atoms with Crippen molar-refractivity contribution in [2.75, 3.05) is 5.32 Å². The van der Waals surface area contributed by atoms with E-state index in [0.29, 0.717) is 12.2 Å². The lowest BCUT2D eigenvalue weighted by Gasteiger charge is -2.04. The fourth-order valence-electron chi connectivity index (χ4n) is 1.10. The topological polar surface area (TPSA) is 57.8 Å². The first-order valence-electron chi connectivity index (χ1n) is 4.25. The van der Waals surface area contributed by atoms with Gasteiger partial charge in [-0.1, -0.05) is 11.6 Å². The molecule has 2 aromatic rings. The van der Waals surface area contributed by atoms with Gasteiger partial charge in [-0.05, 0) is 22.4 Å². The summed E-state index contributed by atoms with van der Waals surface area (Å²) in [5.41, 5.74) is 1.31. The van der Waals surface area contributed by atoms with Crippen LogP contribution in [-0.2, 0) is 6.54 Å². The van der Waals surface area contributed by atoms with E-state index in [-0.39, 0.29) is 10.6 Å². The molecule has 0 spiro atoms. The molecule has 2 heterocycles. The number of nitrogens with one attached hydrogen (secondary N) is 2. The molecule has 0 saturated carbocycles. The number of nitrogens with zero attached hydrogens (tertiary/aromatic N) is 1. The molecule has 2 aromatic heterocycles. The van der Waals surface area contributed by atoms with Crippen molar-refractivity contribution in [3.8, 4) is 0 Å². The van der Waals surface area contributed by atoms with Crippen molar-refractivity contribution in [3.63, 3.8) is 0 Å². The third kappa shape index (κ3) is 2.37. The lowest BCUT2D eigenvalue weighted by atomic mass is 10.3. The van der Waals surface area contributed by atoms with Gasteiger partial charge in [0, 0.05) is 6.54 Å². The number of thiophene rings is 1. The summed E-state index contributed by atoms with van der Waals surface area (Å²) in [6.07, 6.45) is 1.50. The van der Waals surface area contributed by atoms with Crippen LogP contribution in [0.1, 0.15) is 5.56 Å². The van der Waals surface area contributed by atoms with Crippen LogP contribution in [0.4, 0.5) is 5.69 Å². The van der Waals surface area contributed by atoms with Crippen molar-refractivity contribution in [1.29, 1.82) is 0 Å². The van der Waals surface area contributed by atoms with Crippen LogP contribution in [0.3, 0.4) is 0 Å². The highest BCUT2D eigenvalue weighted by Gasteiger charge is 2.03. The number of aromatic nitrogens is 2. The number of halogens is 1. The summed E-state index contributed by atoms with van der Waals surface area (Å²) in [5.74, 6) is 0. The Hall–Kier alpha value is -1.33. The minimum Gasteiger partial charge on any atom is -0.378 e. The molecule has 2 N–H and O–H groups in total. The standard InChI is InChI=1S/C9H8ClN3OS/c10-8-7(4-12-13-9(8)14)11-3-6-1-2-15-5-6/h1-2,4-5H,3H2,(H2,11,13,14). The molecular weight excluding hydrogens is 234 g/mol. The highest BCUT2D eigenvalue weighted by atomic mass is 35.5. The van der Waals surface area contributed by atoms with E-state index in [2.05, 4.69) is 15.5 Å². The van der Waals surface area contributed by atoms with Gasteiger partial charge in [0.15, 0.2) is 0 Å². The normalized spacial score (nSPS) is 10.2. The van der Waals surface area contributed by atoms with Gasteiger partial charge in [0.1, 0.15) is 5.02 Å². The Morgan fingerprint density at radius 3 is 3.20 bits per heavy atom. The molecule has 0 amide bonds. The average molecular weight is 242 g/mol. The minimum absolute atomic E-state index is 0.139. The van der Waals surface area contributed by atoms with Crippen LogP contribution < -0.4 is 10.9 Å². The lowest BCUT2D eigenvalue weighted by molar-refractivity contribution is 0.982. The van der Waals surface area contributed by atoms with Crippen LogP contribution >= 0.6 is 22.9 Å².